The Morgan fingerprint density at radius 1 is 1.27 bits per heavy atom. The fraction of sp³-hybridized carbons (Fsp3) is 0.412. The number of aromatic nitrogens is 2. The first-order valence-corrected chi connectivity index (χ1v) is 8.53. The Morgan fingerprint density at radius 3 is 2.86 bits per heavy atom. The third-order valence-electron chi connectivity index (χ3n) is 3.94. The summed E-state index contributed by atoms with van der Waals surface area (Å²) in [7, 11) is 0. The summed E-state index contributed by atoms with van der Waals surface area (Å²) >= 11 is 3.55. The number of piperidine rings is 1. The number of halogens is 1. The maximum atomic E-state index is 4.71. The van der Waals surface area contributed by atoms with E-state index in [2.05, 4.69) is 44.1 Å². The summed E-state index contributed by atoms with van der Waals surface area (Å²) in [5.74, 6) is 2.40. The van der Waals surface area contributed by atoms with Crippen molar-refractivity contribution < 1.29 is 0 Å². The highest BCUT2D eigenvalue weighted by atomic mass is 79.9. The molecule has 5 heteroatoms. The first kappa shape index (κ1) is 15.3. The summed E-state index contributed by atoms with van der Waals surface area (Å²) in [6, 6.07) is 10.1. The molecule has 0 bridgehead atoms. The van der Waals surface area contributed by atoms with Crippen LogP contribution in [0.25, 0.3) is 0 Å². The first-order chi connectivity index (χ1) is 10.6. The van der Waals surface area contributed by atoms with Crippen LogP contribution in [-0.2, 0) is 0 Å². The minimum Gasteiger partial charge on any atom is -0.356 e. The van der Waals surface area contributed by atoms with Crippen LogP contribution in [0.3, 0.4) is 0 Å². The number of hydrogen-bond donors (Lipinski definition) is 1. The summed E-state index contributed by atoms with van der Waals surface area (Å²) in [5, 5.41) is 3.31. The summed E-state index contributed by atoms with van der Waals surface area (Å²) in [6.07, 6.45) is 2.54. The van der Waals surface area contributed by atoms with Crippen LogP contribution in [0.15, 0.2) is 34.8 Å². The quantitative estimate of drug-likeness (QED) is 0.872. The minimum absolute atomic E-state index is 0.653. The fourth-order valence-electron chi connectivity index (χ4n) is 2.85. The van der Waals surface area contributed by atoms with Crippen LogP contribution in [0, 0.1) is 12.8 Å². The smallest absolute Gasteiger partial charge is 0.229 e. The van der Waals surface area contributed by atoms with E-state index in [-0.39, 0.29) is 0 Å². The lowest BCUT2D eigenvalue weighted by atomic mass is 10.0. The van der Waals surface area contributed by atoms with Crippen LogP contribution in [0.2, 0.25) is 0 Å². The van der Waals surface area contributed by atoms with Gasteiger partial charge in [0.25, 0.3) is 0 Å². The molecule has 4 nitrogen and oxygen atoms in total. The van der Waals surface area contributed by atoms with Gasteiger partial charge in [0.2, 0.25) is 5.95 Å². The van der Waals surface area contributed by atoms with Crippen LogP contribution in [0.4, 0.5) is 17.5 Å². The highest BCUT2D eigenvalue weighted by Crippen LogP contribution is 2.26. The van der Waals surface area contributed by atoms with Crippen molar-refractivity contribution in [1.29, 1.82) is 0 Å². The molecule has 1 aliphatic rings. The van der Waals surface area contributed by atoms with Gasteiger partial charge < -0.3 is 10.2 Å². The molecule has 2 heterocycles. The highest BCUT2D eigenvalue weighted by Gasteiger charge is 2.18. The number of nitrogens with zero attached hydrogens (tertiary/aromatic N) is 3. The molecule has 2 aromatic rings. The largest absolute Gasteiger partial charge is 0.356 e. The summed E-state index contributed by atoms with van der Waals surface area (Å²) in [5.41, 5.74) is 1.96. The van der Waals surface area contributed by atoms with Crippen LogP contribution in [0.1, 0.15) is 25.5 Å². The Balaban J connectivity index is 1.85. The van der Waals surface area contributed by atoms with E-state index in [0.29, 0.717) is 5.95 Å². The third kappa shape index (κ3) is 3.58. The number of nitrogens with one attached hydrogen (secondary N) is 1. The second-order valence-electron chi connectivity index (χ2n) is 5.99. The van der Waals surface area contributed by atoms with Gasteiger partial charge in [0.05, 0.1) is 5.69 Å². The molecular weight excluding hydrogens is 340 g/mol. The molecule has 1 aliphatic heterocycles. The zero-order chi connectivity index (χ0) is 15.5. The molecule has 1 aromatic carbocycles. The average Bonchev–Trinajstić information content (AvgIpc) is 2.49. The Kier molecular flexibility index (Phi) is 4.62. The van der Waals surface area contributed by atoms with Gasteiger partial charge in [-0.1, -0.05) is 19.1 Å². The second-order valence-corrected chi connectivity index (χ2v) is 6.84. The number of aryl methyl sites for hydroxylation is 1. The zero-order valence-corrected chi connectivity index (χ0v) is 14.6. The van der Waals surface area contributed by atoms with Crippen LogP contribution in [-0.4, -0.2) is 23.1 Å². The number of hydrogen-bond acceptors (Lipinski definition) is 4. The summed E-state index contributed by atoms with van der Waals surface area (Å²) < 4.78 is 1.01. The Hall–Kier alpha value is -1.62. The van der Waals surface area contributed by atoms with Crippen molar-refractivity contribution in [3.63, 3.8) is 0 Å². The molecule has 22 heavy (non-hydrogen) atoms. The molecule has 3 rings (SSSR count). The highest BCUT2D eigenvalue weighted by molar-refractivity contribution is 9.10. The van der Waals surface area contributed by atoms with Crippen molar-refractivity contribution in [3.05, 3.63) is 40.5 Å². The SMILES string of the molecule is Cc1cc(N2CCCC(C)C2)nc(Nc2ccccc2Br)n1. The third-order valence-corrected chi connectivity index (χ3v) is 4.63. The number of rotatable bonds is 3. The second kappa shape index (κ2) is 6.65. The molecule has 1 atom stereocenters. The summed E-state index contributed by atoms with van der Waals surface area (Å²) in [4.78, 5) is 11.6. The van der Waals surface area contributed by atoms with Gasteiger partial charge in [0.1, 0.15) is 5.82 Å². The topological polar surface area (TPSA) is 41.1 Å². The van der Waals surface area contributed by atoms with Crippen molar-refractivity contribution in [2.24, 2.45) is 5.92 Å². The molecule has 1 fully saturated rings. The van der Waals surface area contributed by atoms with Crippen molar-refractivity contribution in [2.45, 2.75) is 26.7 Å². The maximum Gasteiger partial charge on any atom is 0.229 e. The van der Waals surface area contributed by atoms with E-state index in [1.807, 2.05) is 31.2 Å². The maximum absolute atomic E-state index is 4.71. The summed E-state index contributed by atoms with van der Waals surface area (Å²) in [6.45, 7) is 6.48. The lowest BCUT2D eigenvalue weighted by Gasteiger charge is -2.32. The lowest BCUT2D eigenvalue weighted by Crippen LogP contribution is -2.35. The molecule has 1 N–H and O–H groups in total. The number of anilines is 3. The average molecular weight is 361 g/mol. The van der Waals surface area contributed by atoms with E-state index in [0.717, 1.165) is 40.7 Å². The predicted octanol–water partition coefficient (Wildman–Crippen LogP) is 4.53. The van der Waals surface area contributed by atoms with Crippen molar-refractivity contribution >= 4 is 33.4 Å². The Bertz CT molecular complexity index is 659. The van der Waals surface area contributed by atoms with Crippen LogP contribution < -0.4 is 10.2 Å². The van der Waals surface area contributed by atoms with E-state index in [9.17, 15) is 0 Å². The number of benzene rings is 1. The molecular formula is C17H21BrN4. The molecule has 0 aliphatic carbocycles. The van der Waals surface area contributed by atoms with Crippen molar-refractivity contribution in [1.82, 2.24) is 9.97 Å². The van der Waals surface area contributed by atoms with Gasteiger partial charge in [-0.3, -0.25) is 0 Å². The standard InChI is InChI=1S/C17H21BrN4/c1-12-6-5-9-22(11-12)16-10-13(2)19-17(21-16)20-15-8-4-3-7-14(15)18/h3-4,7-8,10,12H,5-6,9,11H2,1-2H3,(H,19,20,21). The zero-order valence-electron chi connectivity index (χ0n) is 13.0. The monoisotopic (exact) mass is 360 g/mol. The van der Waals surface area contributed by atoms with E-state index in [4.69, 9.17) is 4.98 Å². The normalized spacial score (nSPS) is 18.3. The van der Waals surface area contributed by atoms with Crippen LogP contribution in [0.5, 0.6) is 0 Å². The van der Waals surface area contributed by atoms with E-state index >= 15 is 0 Å². The van der Waals surface area contributed by atoms with E-state index in [1.165, 1.54) is 12.8 Å². The molecule has 116 valence electrons. The minimum atomic E-state index is 0.653. The fourth-order valence-corrected chi connectivity index (χ4v) is 3.23. The molecule has 1 saturated heterocycles. The van der Waals surface area contributed by atoms with E-state index < -0.39 is 0 Å². The molecule has 0 spiro atoms. The van der Waals surface area contributed by atoms with Gasteiger partial charge >= 0.3 is 0 Å². The Labute approximate surface area is 140 Å². The Morgan fingerprint density at radius 2 is 2.09 bits per heavy atom. The van der Waals surface area contributed by atoms with Gasteiger partial charge in [0, 0.05) is 29.3 Å². The van der Waals surface area contributed by atoms with E-state index in [1.54, 1.807) is 0 Å². The molecule has 1 aromatic heterocycles. The predicted molar refractivity (Wildman–Crippen MR) is 94.8 cm³/mol. The van der Waals surface area contributed by atoms with Gasteiger partial charge in [-0.05, 0) is 53.7 Å². The van der Waals surface area contributed by atoms with Crippen molar-refractivity contribution in [3.8, 4) is 0 Å². The molecule has 0 amide bonds. The van der Waals surface area contributed by atoms with Gasteiger partial charge in [0.15, 0.2) is 0 Å². The molecule has 0 saturated carbocycles. The molecule has 1 unspecified atom stereocenters. The number of para-hydroxylation sites is 1. The van der Waals surface area contributed by atoms with Gasteiger partial charge in [-0.2, -0.15) is 4.98 Å². The van der Waals surface area contributed by atoms with Gasteiger partial charge in [-0.15, -0.1) is 0 Å². The van der Waals surface area contributed by atoms with Crippen LogP contribution >= 0.6 is 15.9 Å². The van der Waals surface area contributed by atoms with Crippen molar-refractivity contribution in [2.75, 3.05) is 23.3 Å². The first-order valence-electron chi connectivity index (χ1n) is 7.74. The lowest BCUT2D eigenvalue weighted by molar-refractivity contribution is 0.444. The van der Waals surface area contributed by atoms with Gasteiger partial charge in [-0.25, -0.2) is 4.98 Å². The molecule has 0 radical (unpaired) electrons.